The van der Waals surface area contributed by atoms with E-state index in [0.717, 1.165) is 5.02 Å². The Bertz CT molecular complexity index is 534. The summed E-state index contributed by atoms with van der Waals surface area (Å²) < 4.78 is 0. The first-order chi connectivity index (χ1) is 7.27. The number of benzene rings is 2. The standard InChI is InChI=1S/C13H8BrCl/c14-13-11-4-2-1-3-9(11)10-6-5-8(15)7-12(10)13/h1-7,13H. The lowest BCUT2D eigenvalue weighted by Gasteiger charge is -2.03. The third-order valence-electron chi connectivity index (χ3n) is 2.81. The van der Waals surface area contributed by atoms with Crippen LogP contribution in [-0.2, 0) is 0 Å². The van der Waals surface area contributed by atoms with E-state index in [9.17, 15) is 0 Å². The van der Waals surface area contributed by atoms with Crippen LogP contribution in [-0.4, -0.2) is 0 Å². The Morgan fingerprint density at radius 3 is 2.53 bits per heavy atom. The molecule has 2 heteroatoms. The second kappa shape index (κ2) is 3.36. The van der Waals surface area contributed by atoms with Crippen molar-refractivity contribution in [2.75, 3.05) is 0 Å². The average molecular weight is 280 g/mol. The molecule has 0 saturated heterocycles. The zero-order valence-corrected chi connectivity index (χ0v) is 10.2. The lowest BCUT2D eigenvalue weighted by Crippen LogP contribution is -1.84. The van der Waals surface area contributed by atoms with Gasteiger partial charge in [0, 0.05) is 5.02 Å². The molecule has 0 radical (unpaired) electrons. The van der Waals surface area contributed by atoms with Gasteiger partial charge in [-0.15, -0.1) is 0 Å². The minimum absolute atomic E-state index is 0.280. The van der Waals surface area contributed by atoms with E-state index in [1.165, 1.54) is 22.3 Å². The van der Waals surface area contributed by atoms with E-state index in [2.05, 4.69) is 46.3 Å². The molecular weight excluding hydrogens is 272 g/mol. The second-order valence-corrected chi connectivity index (χ2v) is 5.03. The molecule has 15 heavy (non-hydrogen) atoms. The molecule has 1 aliphatic rings. The van der Waals surface area contributed by atoms with E-state index in [4.69, 9.17) is 11.6 Å². The lowest BCUT2D eigenvalue weighted by atomic mass is 10.1. The summed E-state index contributed by atoms with van der Waals surface area (Å²) in [4.78, 5) is 0.280. The van der Waals surface area contributed by atoms with Crippen LogP contribution in [0.15, 0.2) is 42.5 Å². The normalized spacial score (nSPS) is 17.3. The zero-order valence-electron chi connectivity index (χ0n) is 7.87. The van der Waals surface area contributed by atoms with E-state index in [-0.39, 0.29) is 4.83 Å². The third-order valence-corrected chi connectivity index (χ3v) is 4.03. The SMILES string of the molecule is Clc1ccc2c(c1)C(Br)c1ccccc1-2. The molecule has 0 bridgehead atoms. The van der Waals surface area contributed by atoms with Crippen molar-refractivity contribution in [1.82, 2.24) is 0 Å². The summed E-state index contributed by atoms with van der Waals surface area (Å²) >= 11 is 9.72. The number of hydrogen-bond acceptors (Lipinski definition) is 0. The molecule has 0 fully saturated rings. The summed E-state index contributed by atoms with van der Waals surface area (Å²) in [6, 6.07) is 14.5. The molecule has 0 saturated carbocycles. The van der Waals surface area contributed by atoms with Gasteiger partial charge >= 0.3 is 0 Å². The van der Waals surface area contributed by atoms with Gasteiger partial charge in [-0.05, 0) is 34.4 Å². The Morgan fingerprint density at radius 2 is 1.67 bits per heavy atom. The third kappa shape index (κ3) is 1.34. The first kappa shape index (κ1) is 9.44. The van der Waals surface area contributed by atoms with Crippen molar-refractivity contribution in [2.45, 2.75) is 4.83 Å². The highest BCUT2D eigenvalue weighted by Gasteiger charge is 2.25. The molecule has 1 atom stereocenters. The molecule has 0 heterocycles. The first-order valence-electron chi connectivity index (χ1n) is 4.80. The van der Waals surface area contributed by atoms with Crippen LogP contribution in [0.1, 0.15) is 16.0 Å². The van der Waals surface area contributed by atoms with Gasteiger partial charge in [-0.2, -0.15) is 0 Å². The highest BCUT2D eigenvalue weighted by Crippen LogP contribution is 2.48. The molecule has 0 aromatic heterocycles. The fourth-order valence-electron chi connectivity index (χ4n) is 2.12. The van der Waals surface area contributed by atoms with Crippen LogP contribution in [0.5, 0.6) is 0 Å². The smallest absolute Gasteiger partial charge is 0.0657 e. The Hall–Kier alpha value is -0.790. The van der Waals surface area contributed by atoms with Crippen LogP contribution in [0, 0.1) is 0 Å². The minimum Gasteiger partial charge on any atom is -0.0843 e. The number of halogens is 2. The van der Waals surface area contributed by atoms with Crippen LogP contribution < -0.4 is 0 Å². The number of alkyl halides is 1. The Morgan fingerprint density at radius 1 is 0.933 bits per heavy atom. The zero-order chi connectivity index (χ0) is 10.4. The quantitative estimate of drug-likeness (QED) is 0.607. The van der Waals surface area contributed by atoms with Crippen molar-refractivity contribution < 1.29 is 0 Å². The van der Waals surface area contributed by atoms with Crippen molar-refractivity contribution in [3.8, 4) is 11.1 Å². The molecule has 3 rings (SSSR count). The molecule has 0 spiro atoms. The molecule has 74 valence electrons. The highest BCUT2D eigenvalue weighted by molar-refractivity contribution is 9.09. The predicted octanol–water partition coefficient (Wildman–Crippen LogP) is 4.80. The van der Waals surface area contributed by atoms with Crippen molar-refractivity contribution in [2.24, 2.45) is 0 Å². The van der Waals surface area contributed by atoms with Gasteiger partial charge in [0.1, 0.15) is 0 Å². The van der Waals surface area contributed by atoms with E-state index >= 15 is 0 Å². The highest BCUT2D eigenvalue weighted by atomic mass is 79.9. The van der Waals surface area contributed by atoms with Gasteiger partial charge in [0.05, 0.1) is 4.83 Å². The summed E-state index contributed by atoms with van der Waals surface area (Å²) in [5.41, 5.74) is 5.20. The van der Waals surface area contributed by atoms with Crippen LogP contribution in [0.4, 0.5) is 0 Å². The maximum absolute atomic E-state index is 6.01. The van der Waals surface area contributed by atoms with E-state index in [1.54, 1.807) is 0 Å². The van der Waals surface area contributed by atoms with Gasteiger partial charge in [-0.25, -0.2) is 0 Å². The van der Waals surface area contributed by atoms with Crippen LogP contribution in [0.3, 0.4) is 0 Å². The monoisotopic (exact) mass is 278 g/mol. The van der Waals surface area contributed by atoms with Crippen molar-refractivity contribution in [3.05, 3.63) is 58.6 Å². The summed E-state index contributed by atoms with van der Waals surface area (Å²) in [5, 5.41) is 0.797. The van der Waals surface area contributed by atoms with E-state index in [0.29, 0.717) is 0 Å². The molecule has 1 aliphatic carbocycles. The van der Waals surface area contributed by atoms with Gasteiger partial charge in [0.25, 0.3) is 0 Å². The second-order valence-electron chi connectivity index (χ2n) is 3.68. The first-order valence-corrected chi connectivity index (χ1v) is 6.09. The number of fused-ring (bicyclic) bond motifs is 3. The molecule has 1 unspecified atom stereocenters. The summed E-state index contributed by atoms with van der Waals surface area (Å²) in [5.74, 6) is 0. The number of hydrogen-bond donors (Lipinski definition) is 0. The molecular formula is C13H8BrCl. The fourth-order valence-corrected chi connectivity index (χ4v) is 3.08. The van der Waals surface area contributed by atoms with Crippen LogP contribution in [0.25, 0.3) is 11.1 Å². The largest absolute Gasteiger partial charge is 0.0843 e. The van der Waals surface area contributed by atoms with Crippen LogP contribution >= 0.6 is 27.5 Å². The Balaban J connectivity index is 2.32. The Labute approximate surface area is 102 Å². The molecule has 2 aromatic carbocycles. The van der Waals surface area contributed by atoms with Gasteiger partial charge in [-0.1, -0.05) is 57.9 Å². The van der Waals surface area contributed by atoms with Gasteiger partial charge < -0.3 is 0 Å². The minimum atomic E-state index is 0.280. The van der Waals surface area contributed by atoms with Gasteiger partial charge in [0.2, 0.25) is 0 Å². The van der Waals surface area contributed by atoms with E-state index in [1.807, 2.05) is 12.1 Å². The molecule has 2 aromatic rings. The fraction of sp³-hybridized carbons (Fsp3) is 0.0769. The topological polar surface area (TPSA) is 0 Å². The summed E-state index contributed by atoms with van der Waals surface area (Å²) in [6.45, 7) is 0. The van der Waals surface area contributed by atoms with E-state index < -0.39 is 0 Å². The number of rotatable bonds is 0. The maximum Gasteiger partial charge on any atom is 0.0657 e. The molecule has 0 nitrogen and oxygen atoms in total. The lowest BCUT2D eigenvalue weighted by molar-refractivity contribution is 1.25. The summed E-state index contributed by atoms with van der Waals surface area (Å²) in [7, 11) is 0. The Kier molecular flexibility index (Phi) is 2.11. The molecule has 0 N–H and O–H groups in total. The summed E-state index contributed by atoms with van der Waals surface area (Å²) in [6.07, 6.45) is 0. The maximum atomic E-state index is 6.01. The molecule has 0 amide bonds. The van der Waals surface area contributed by atoms with Crippen molar-refractivity contribution >= 4 is 27.5 Å². The average Bonchev–Trinajstić information content (AvgIpc) is 2.54. The molecule has 0 aliphatic heterocycles. The van der Waals surface area contributed by atoms with Crippen LogP contribution in [0.2, 0.25) is 5.02 Å². The van der Waals surface area contributed by atoms with Crippen molar-refractivity contribution in [1.29, 1.82) is 0 Å². The van der Waals surface area contributed by atoms with Crippen molar-refractivity contribution in [3.63, 3.8) is 0 Å². The van der Waals surface area contributed by atoms with Gasteiger partial charge in [-0.3, -0.25) is 0 Å². The van der Waals surface area contributed by atoms with Gasteiger partial charge in [0.15, 0.2) is 0 Å². The predicted molar refractivity (Wildman–Crippen MR) is 67.7 cm³/mol.